The van der Waals surface area contributed by atoms with E-state index >= 15 is 0 Å². The van der Waals surface area contributed by atoms with Crippen molar-refractivity contribution in [3.8, 4) is 0 Å². The molecule has 92 valence electrons. The molecule has 0 atom stereocenters. The van der Waals surface area contributed by atoms with Crippen LogP contribution in [0.4, 0.5) is 0 Å². The Bertz CT molecular complexity index is 128. The molecule has 0 radical (unpaired) electrons. The molecule has 0 saturated carbocycles. The average molecular weight is 340 g/mol. The Morgan fingerprint density at radius 2 is 1.07 bits per heavy atom. The van der Waals surface area contributed by atoms with Gasteiger partial charge in [0, 0.05) is 0 Å². The molecule has 15 heavy (non-hydrogen) atoms. The van der Waals surface area contributed by atoms with E-state index in [1.807, 2.05) is 0 Å². The van der Waals surface area contributed by atoms with E-state index in [1.54, 1.807) is 0 Å². The van der Waals surface area contributed by atoms with Crippen molar-refractivity contribution in [2.45, 2.75) is 79.0 Å². The fourth-order valence-electron chi connectivity index (χ4n) is 2.05. The topological polar surface area (TPSA) is 0 Å². The summed E-state index contributed by atoms with van der Waals surface area (Å²) >= 11 is -2.12. The van der Waals surface area contributed by atoms with E-state index in [4.69, 9.17) is 8.92 Å². The first kappa shape index (κ1) is 16.1. The molecule has 0 aliphatic rings. The Morgan fingerprint density at radius 1 is 0.667 bits per heavy atom. The maximum atomic E-state index is 6.94. The summed E-state index contributed by atoms with van der Waals surface area (Å²) in [6.45, 7) is 6.85. The van der Waals surface area contributed by atoms with Gasteiger partial charge in [0.2, 0.25) is 0 Å². The first-order chi connectivity index (χ1) is 7.18. The first-order valence-corrected chi connectivity index (χ1v) is 16.5. The van der Waals surface area contributed by atoms with Crippen molar-refractivity contribution >= 4 is 26.2 Å². The summed E-state index contributed by atoms with van der Waals surface area (Å²) in [6, 6.07) is 0. The Labute approximate surface area is 105 Å². The molecule has 0 bridgehead atoms. The van der Waals surface area contributed by atoms with Crippen molar-refractivity contribution in [2.24, 2.45) is 0 Å². The van der Waals surface area contributed by atoms with E-state index in [0.29, 0.717) is 0 Å². The van der Waals surface area contributed by atoms with Crippen LogP contribution in [0.15, 0.2) is 0 Å². The standard InChI is InChI=1S/C5H11.2C4H9.ClH.Sn/c1-3-5-4-2;2*1-3-4-2;;/h1,3-5H2,2H3;2*1,3-4H2,2H3;1H;/q;;;;+1/p-1. The molecular weight excluding hydrogens is 310 g/mol. The normalized spacial score (nSPS) is 12.0. The number of halogens is 1. The molecule has 0 unspecified atom stereocenters. The van der Waals surface area contributed by atoms with Gasteiger partial charge in [-0.05, 0) is 0 Å². The van der Waals surface area contributed by atoms with Crippen LogP contribution in [-0.2, 0) is 0 Å². The average Bonchev–Trinajstić information content (AvgIpc) is 2.24. The van der Waals surface area contributed by atoms with Gasteiger partial charge in [-0.15, -0.1) is 0 Å². The summed E-state index contributed by atoms with van der Waals surface area (Å²) in [6.07, 6.45) is 9.55. The van der Waals surface area contributed by atoms with Gasteiger partial charge in [-0.1, -0.05) is 0 Å². The molecule has 2 heteroatoms. The van der Waals surface area contributed by atoms with Crippen molar-refractivity contribution < 1.29 is 0 Å². The minimum atomic E-state index is -2.12. The zero-order valence-corrected chi connectivity index (χ0v) is 14.6. The quantitative estimate of drug-likeness (QED) is 0.340. The van der Waals surface area contributed by atoms with Crippen LogP contribution in [0.2, 0.25) is 13.3 Å². The molecule has 0 rings (SSSR count). The second kappa shape index (κ2) is 10.3. The van der Waals surface area contributed by atoms with Crippen LogP contribution in [0, 0.1) is 0 Å². The van der Waals surface area contributed by atoms with Crippen molar-refractivity contribution in [3.05, 3.63) is 0 Å². The van der Waals surface area contributed by atoms with Crippen LogP contribution >= 0.6 is 8.92 Å². The number of rotatable bonds is 10. The molecule has 0 fully saturated rings. The van der Waals surface area contributed by atoms with Gasteiger partial charge in [0.15, 0.2) is 0 Å². The van der Waals surface area contributed by atoms with Crippen molar-refractivity contribution in [1.82, 2.24) is 0 Å². The van der Waals surface area contributed by atoms with Crippen LogP contribution in [-0.4, -0.2) is 17.3 Å². The second-order valence-corrected chi connectivity index (χ2v) is 21.0. The Balaban J connectivity index is 3.89. The van der Waals surface area contributed by atoms with E-state index in [2.05, 4.69) is 20.8 Å². The zero-order chi connectivity index (χ0) is 11.6. The molecule has 0 aromatic heterocycles. The molecule has 0 heterocycles. The predicted molar refractivity (Wildman–Crippen MR) is 75.4 cm³/mol. The van der Waals surface area contributed by atoms with Gasteiger partial charge >= 0.3 is 105 Å². The van der Waals surface area contributed by atoms with Crippen LogP contribution in [0.25, 0.3) is 0 Å². The molecule has 0 aromatic carbocycles. The van der Waals surface area contributed by atoms with Gasteiger partial charge in [-0.2, -0.15) is 0 Å². The number of unbranched alkanes of at least 4 members (excludes halogenated alkanes) is 4. The van der Waals surface area contributed by atoms with Gasteiger partial charge in [0.25, 0.3) is 0 Å². The maximum absolute atomic E-state index is 6.94. The molecule has 0 nitrogen and oxygen atoms in total. The van der Waals surface area contributed by atoms with Gasteiger partial charge < -0.3 is 0 Å². The molecule has 0 amide bonds. The zero-order valence-electron chi connectivity index (χ0n) is 10.9. The molecule has 0 aromatic rings. The van der Waals surface area contributed by atoms with Gasteiger partial charge in [-0.25, -0.2) is 0 Å². The Morgan fingerprint density at radius 3 is 1.47 bits per heavy atom. The number of hydrogen-bond donors (Lipinski definition) is 0. The molecular formula is C13H29ClSn. The summed E-state index contributed by atoms with van der Waals surface area (Å²) < 4.78 is 4.29. The molecule has 0 aliphatic carbocycles. The summed E-state index contributed by atoms with van der Waals surface area (Å²) in [5, 5.41) is 0. The second-order valence-electron chi connectivity index (χ2n) is 4.82. The third-order valence-electron chi connectivity index (χ3n) is 3.19. The Kier molecular flexibility index (Phi) is 11.0. The minimum absolute atomic E-state index is 1.32. The summed E-state index contributed by atoms with van der Waals surface area (Å²) in [5.74, 6) is 0. The predicted octanol–water partition coefficient (Wildman–Crippen LogP) is 5.96. The van der Waals surface area contributed by atoms with E-state index < -0.39 is 17.3 Å². The van der Waals surface area contributed by atoms with Crippen molar-refractivity contribution in [1.29, 1.82) is 0 Å². The third-order valence-corrected chi connectivity index (χ3v) is 17.7. The van der Waals surface area contributed by atoms with Crippen molar-refractivity contribution in [3.63, 3.8) is 0 Å². The molecule has 0 aliphatic heterocycles. The van der Waals surface area contributed by atoms with E-state index in [1.165, 1.54) is 58.3 Å². The van der Waals surface area contributed by atoms with Crippen LogP contribution in [0.3, 0.4) is 0 Å². The fraction of sp³-hybridized carbons (Fsp3) is 1.00. The summed E-state index contributed by atoms with van der Waals surface area (Å²) in [5.41, 5.74) is 0. The van der Waals surface area contributed by atoms with E-state index in [-0.39, 0.29) is 0 Å². The van der Waals surface area contributed by atoms with Crippen LogP contribution < -0.4 is 0 Å². The summed E-state index contributed by atoms with van der Waals surface area (Å²) in [7, 11) is 6.94. The van der Waals surface area contributed by atoms with Crippen LogP contribution in [0.1, 0.15) is 65.7 Å². The Hall–Kier alpha value is 1.09. The van der Waals surface area contributed by atoms with Gasteiger partial charge in [-0.3, -0.25) is 0 Å². The number of hydrogen-bond acceptors (Lipinski definition) is 0. The molecule has 0 saturated heterocycles. The monoisotopic (exact) mass is 340 g/mol. The van der Waals surface area contributed by atoms with E-state index in [9.17, 15) is 0 Å². The van der Waals surface area contributed by atoms with E-state index in [0.717, 1.165) is 0 Å². The van der Waals surface area contributed by atoms with Gasteiger partial charge in [0.05, 0.1) is 0 Å². The fourth-order valence-corrected chi connectivity index (χ4v) is 15.0. The third kappa shape index (κ3) is 8.85. The van der Waals surface area contributed by atoms with Crippen molar-refractivity contribution in [2.75, 3.05) is 0 Å². The molecule has 0 spiro atoms. The SMILES string of the molecule is CCCC[CH2][Sn]([Cl])([CH2]CCC)[CH2]CCC. The summed E-state index contributed by atoms with van der Waals surface area (Å²) in [4.78, 5) is 0. The first-order valence-electron chi connectivity index (χ1n) is 6.87. The molecule has 0 N–H and O–H groups in total. The van der Waals surface area contributed by atoms with Crippen LogP contribution in [0.5, 0.6) is 0 Å². The van der Waals surface area contributed by atoms with Gasteiger partial charge in [0.1, 0.15) is 0 Å².